The zero-order chi connectivity index (χ0) is 32.2. The first kappa shape index (κ1) is 34.6. The fourth-order valence-corrected chi connectivity index (χ4v) is 12.7. The highest BCUT2D eigenvalue weighted by atomic mass is 15.2. The third kappa shape index (κ3) is 6.95. The first-order chi connectivity index (χ1) is 21.4. The number of likely N-dealkylation sites (N-methyl/N-ethyl adjacent to an activating group) is 1. The lowest BCUT2D eigenvalue weighted by Crippen LogP contribution is -2.34. The Bertz CT molecular complexity index is 786. The van der Waals surface area contributed by atoms with Crippen molar-refractivity contribution in [2.45, 2.75) is 190 Å². The van der Waals surface area contributed by atoms with Crippen LogP contribution in [0.1, 0.15) is 124 Å². The topological polar surface area (TPSA) is 42.2 Å². The van der Waals surface area contributed by atoms with Gasteiger partial charge in [0.15, 0.2) is 0 Å². The van der Waals surface area contributed by atoms with Gasteiger partial charge in [-0.2, -0.15) is 0 Å². The molecule has 6 heteroatoms. The van der Waals surface area contributed by atoms with Crippen molar-refractivity contribution in [1.29, 1.82) is 0 Å². The van der Waals surface area contributed by atoms with Crippen LogP contribution in [0.4, 0.5) is 0 Å². The molecule has 10 rings (SSSR count). The predicted molar refractivity (Wildman–Crippen MR) is 191 cm³/mol. The molecule has 10 heterocycles. The van der Waals surface area contributed by atoms with Gasteiger partial charge in [0.1, 0.15) is 0 Å². The molecule has 0 saturated carbocycles. The first-order valence-corrected chi connectivity index (χ1v) is 19.8. The average Bonchev–Trinajstić information content (AvgIpc) is 3.93. The number of nitrogens with two attached hydrogens (primary N) is 1. The summed E-state index contributed by atoms with van der Waals surface area (Å²) in [5.41, 5.74) is 5.87. The summed E-state index contributed by atoms with van der Waals surface area (Å²) in [6.07, 6.45) is 21.5. The second-order valence-corrected chi connectivity index (χ2v) is 18.1. The highest BCUT2D eigenvalue weighted by molar-refractivity contribution is 5.01. The molecule has 0 aliphatic carbocycles. The molecule has 10 aliphatic rings. The summed E-state index contributed by atoms with van der Waals surface area (Å²) >= 11 is 0. The molecule has 260 valence electrons. The fourth-order valence-electron chi connectivity index (χ4n) is 12.7. The van der Waals surface area contributed by atoms with Crippen LogP contribution in [0.3, 0.4) is 0 Å². The van der Waals surface area contributed by atoms with E-state index in [0.29, 0.717) is 6.04 Å². The molecule has 45 heavy (non-hydrogen) atoms. The van der Waals surface area contributed by atoms with E-state index in [1.54, 1.807) is 0 Å². The fraction of sp³-hybridized carbons (Fsp3) is 1.00. The van der Waals surface area contributed by atoms with Crippen molar-refractivity contribution in [3.63, 3.8) is 0 Å². The van der Waals surface area contributed by atoms with Crippen molar-refractivity contribution in [1.82, 2.24) is 24.5 Å². The van der Waals surface area contributed by atoms with E-state index < -0.39 is 0 Å². The van der Waals surface area contributed by atoms with Crippen molar-refractivity contribution < 1.29 is 0 Å². The Balaban J connectivity index is 0.0000000992. The van der Waals surface area contributed by atoms with Gasteiger partial charge in [-0.1, -0.05) is 27.7 Å². The molecule has 0 aromatic heterocycles. The molecule has 10 saturated heterocycles. The summed E-state index contributed by atoms with van der Waals surface area (Å²) in [5, 5.41) is 0. The molecule has 10 aliphatic heterocycles. The Morgan fingerprint density at radius 3 is 0.622 bits per heavy atom. The Hall–Kier alpha value is -0.240. The number of hydrogen-bond donors (Lipinski definition) is 1. The minimum absolute atomic E-state index is 0.480. The minimum Gasteiger partial charge on any atom is -0.326 e. The van der Waals surface area contributed by atoms with Gasteiger partial charge >= 0.3 is 0 Å². The summed E-state index contributed by atoms with van der Waals surface area (Å²) in [5.74, 6) is 3.92. The van der Waals surface area contributed by atoms with E-state index in [2.05, 4.69) is 87.4 Å². The van der Waals surface area contributed by atoms with Crippen molar-refractivity contribution >= 4 is 0 Å². The van der Waals surface area contributed by atoms with Crippen LogP contribution in [0, 0.1) is 23.7 Å². The molecule has 2 N–H and O–H groups in total. The van der Waals surface area contributed by atoms with Gasteiger partial charge in [0, 0.05) is 66.5 Å². The molecule has 0 amide bonds. The summed E-state index contributed by atoms with van der Waals surface area (Å²) < 4.78 is 0. The Labute approximate surface area is 279 Å². The standard InChI is InChI=1S/4C8H15N.C7H14N2/c4*1-6-5-7-3-4-8(6)9(7)2;1-9-5-2-3-7(9)6(8)4-5/h4*6-8H,3-5H2,1-2H3;5-7H,2-4,8H2,1H3/t4*6-,7+,8-;5-,6+,7+/m11000/s1. The van der Waals surface area contributed by atoms with Crippen molar-refractivity contribution in [2.75, 3.05) is 35.2 Å². The van der Waals surface area contributed by atoms with Crippen molar-refractivity contribution in [3.8, 4) is 0 Å². The second kappa shape index (κ2) is 14.3. The number of nitrogens with zero attached hydrogens (tertiary/aromatic N) is 5. The normalized spacial score (nSPS) is 50.7. The van der Waals surface area contributed by atoms with Gasteiger partial charge < -0.3 is 25.3 Å². The summed E-state index contributed by atoms with van der Waals surface area (Å²) in [6.45, 7) is 9.56. The zero-order valence-corrected chi connectivity index (χ0v) is 31.1. The lowest BCUT2D eigenvalue weighted by Gasteiger charge is -2.16. The molecule has 6 nitrogen and oxygen atoms in total. The Morgan fingerprint density at radius 1 is 0.333 bits per heavy atom. The van der Waals surface area contributed by atoms with Gasteiger partial charge in [-0.25, -0.2) is 0 Å². The van der Waals surface area contributed by atoms with Gasteiger partial charge in [-0.15, -0.1) is 0 Å². The molecule has 15 atom stereocenters. The largest absolute Gasteiger partial charge is 0.326 e. The SMILES string of the molecule is CN1[C@H]2CC[C@@H]1[C@H](N)C2.C[C@@H]1C[C@@H]2CC[C@H]1N2C.C[C@@H]1C[C@@H]2CC[C@H]1N2C.C[C@H]1C[C@H]2CC[C@@H]1N2C.C[C@H]1C[C@H]2CC[C@@H]1N2C. The van der Waals surface area contributed by atoms with Gasteiger partial charge in [0.05, 0.1) is 0 Å². The van der Waals surface area contributed by atoms with Crippen LogP contribution in [-0.2, 0) is 0 Å². The highest BCUT2D eigenvalue weighted by Gasteiger charge is 2.44. The Morgan fingerprint density at radius 2 is 0.556 bits per heavy atom. The van der Waals surface area contributed by atoms with Crippen molar-refractivity contribution in [2.24, 2.45) is 29.4 Å². The number of fused-ring (bicyclic) bond motifs is 10. The lowest BCUT2D eigenvalue weighted by molar-refractivity contribution is 0.296. The van der Waals surface area contributed by atoms with E-state index in [1.165, 1.54) is 96.3 Å². The van der Waals surface area contributed by atoms with Gasteiger partial charge in [0.25, 0.3) is 0 Å². The van der Waals surface area contributed by atoms with Gasteiger partial charge in [-0.05, 0) is 155 Å². The molecule has 0 spiro atoms. The maximum Gasteiger partial charge on any atom is 0.0248 e. The second-order valence-electron chi connectivity index (χ2n) is 18.1. The van der Waals surface area contributed by atoms with Crippen molar-refractivity contribution in [3.05, 3.63) is 0 Å². The van der Waals surface area contributed by atoms with Crippen LogP contribution in [-0.4, -0.2) is 126 Å². The molecule has 10 bridgehead atoms. The number of rotatable bonds is 0. The Kier molecular flexibility index (Phi) is 11.0. The quantitative estimate of drug-likeness (QED) is 0.349. The maximum atomic E-state index is 5.87. The van der Waals surface area contributed by atoms with E-state index in [4.69, 9.17) is 5.73 Å². The molecular weight excluding hydrogens is 552 g/mol. The van der Waals surface area contributed by atoms with Crippen LogP contribution < -0.4 is 5.73 Å². The summed E-state index contributed by atoms with van der Waals surface area (Å²) in [4.78, 5) is 12.7. The van der Waals surface area contributed by atoms with E-state index in [1.807, 2.05) is 0 Å². The molecule has 0 aromatic carbocycles. The average molecular weight is 627 g/mol. The van der Waals surface area contributed by atoms with E-state index in [9.17, 15) is 0 Å². The summed E-state index contributed by atoms with van der Waals surface area (Å²) in [7, 11) is 11.3. The van der Waals surface area contributed by atoms with E-state index >= 15 is 0 Å². The molecule has 0 aromatic rings. The van der Waals surface area contributed by atoms with Crippen LogP contribution in [0.5, 0.6) is 0 Å². The third-order valence-corrected chi connectivity index (χ3v) is 15.7. The number of hydrogen-bond acceptors (Lipinski definition) is 6. The maximum absolute atomic E-state index is 5.87. The molecule has 0 unspecified atom stereocenters. The van der Waals surface area contributed by atoms with Crippen LogP contribution in [0.25, 0.3) is 0 Å². The molecule has 0 radical (unpaired) electrons. The molecular formula is C39H74N6. The van der Waals surface area contributed by atoms with Crippen LogP contribution >= 0.6 is 0 Å². The van der Waals surface area contributed by atoms with Gasteiger partial charge in [-0.3, -0.25) is 4.90 Å². The molecule has 10 fully saturated rings. The zero-order valence-electron chi connectivity index (χ0n) is 31.1. The van der Waals surface area contributed by atoms with Crippen LogP contribution in [0.2, 0.25) is 0 Å². The first-order valence-electron chi connectivity index (χ1n) is 19.8. The summed E-state index contributed by atoms with van der Waals surface area (Å²) in [6, 6.07) is 9.58. The van der Waals surface area contributed by atoms with E-state index in [0.717, 1.165) is 84.1 Å². The smallest absolute Gasteiger partial charge is 0.0248 e. The third-order valence-electron chi connectivity index (χ3n) is 15.7. The monoisotopic (exact) mass is 627 g/mol. The minimum atomic E-state index is 0.480. The highest BCUT2D eigenvalue weighted by Crippen LogP contribution is 2.42. The van der Waals surface area contributed by atoms with E-state index in [-0.39, 0.29) is 0 Å². The lowest BCUT2D eigenvalue weighted by atomic mass is 9.91. The van der Waals surface area contributed by atoms with Crippen LogP contribution in [0.15, 0.2) is 0 Å². The predicted octanol–water partition coefficient (Wildman–Crippen LogP) is 6.14. The van der Waals surface area contributed by atoms with Gasteiger partial charge in [0.2, 0.25) is 0 Å².